The van der Waals surface area contributed by atoms with E-state index in [0.717, 1.165) is 25.9 Å². The van der Waals surface area contributed by atoms with Crippen LogP contribution in [0.4, 0.5) is 0 Å². The van der Waals surface area contributed by atoms with Crippen molar-refractivity contribution in [2.45, 2.75) is 45.3 Å². The fourth-order valence-corrected chi connectivity index (χ4v) is 2.57. The molecule has 0 unspecified atom stereocenters. The van der Waals surface area contributed by atoms with E-state index in [-0.39, 0.29) is 12.0 Å². The van der Waals surface area contributed by atoms with Crippen molar-refractivity contribution >= 4 is 12.0 Å². The summed E-state index contributed by atoms with van der Waals surface area (Å²) in [6.07, 6.45) is 6.18. The van der Waals surface area contributed by atoms with E-state index in [4.69, 9.17) is 4.74 Å². The van der Waals surface area contributed by atoms with Crippen LogP contribution in [0, 0.1) is 0 Å². The van der Waals surface area contributed by atoms with E-state index in [1.807, 2.05) is 39.0 Å². The van der Waals surface area contributed by atoms with Gasteiger partial charge in [0, 0.05) is 6.54 Å². The fourth-order valence-electron chi connectivity index (χ4n) is 2.57. The Balaban J connectivity index is 1.90. The van der Waals surface area contributed by atoms with E-state index in [1.54, 1.807) is 0 Å². The standard InChI is InChI=1S/C18H25NO2/c1-18(2,3)21-17(20)16-12-8-14-19(16)13-7-11-15-9-5-4-6-10-15/h4-7,9-11,16H,8,12-14H2,1-3H3/b11-7+/t16-/m1/s1. The van der Waals surface area contributed by atoms with E-state index >= 15 is 0 Å². The number of hydrogen-bond acceptors (Lipinski definition) is 3. The number of esters is 1. The quantitative estimate of drug-likeness (QED) is 0.794. The lowest BCUT2D eigenvalue weighted by Gasteiger charge is -2.26. The summed E-state index contributed by atoms with van der Waals surface area (Å²) in [4.78, 5) is 14.4. The summed E-state index contributed by atoms with van der Waals surface area (Å²) in [5.74, 6) is -0.0897. The minimum atomic E-state index is -0.411. The molecule has 0 saturated carbocycles. The average molecular weight is 287 g/mol. The van der Waals surface area contributed by atoms with Crippen LogP contribution in [0.25, 0.3) is 6.08 Å². The van der Waals surface area contributed by atoms with Crippen LogP contribution in [0.3, 0.4) is 0 Å². The van der Waals surface area contributed by atoms with Crippen LogP contribution in [0.5, 0.6) is 0 Å². The van der Waals surface area contributed by atoms with E-state index < -0.39 is 5.60 Å². The molecule has 3 nitrogen and oxygen atoms in total. The largest absolute Gasteiger partial charge is 0.459 e. The normalized spacial score (nSPS) is 20.0. The monoisotopic (exact) mass is 287 g/mol. The Morgan fingerprint density at radius 3 is 2.71 bits per heavy atom. The van der Waals surface area contributed by atoms with Crippen molar-refractivity contribution in [3.63, 3.8) is 0 Å². The summed E-state index contributed by atoms with van der Waals surface area (Å²) in [5.41, 5.74) is 0.774. The molecule has 0 aromatic heterocycles. The highest BCUT2D eigenvalue weighted by Crippen LogP contribution is 2.21. The van der Waals surface area contributed by atoms with Gasteiger partial charge in [-0.15, -0.1) is 0 Å². The maximum absolute atomic E-state index is 12.2. The van der Waals surface area contributed by atoms with Gasteiger partial charge in [-0.1, -0.05) is 42.5 Å². The molecule has 21 heavy (non-hydrogen) atoms. The number of carbonyl (C=O) groups is 1. The zero-order valence-corrected chi connectivity index (χ0v) is 13.2. The summed E-state index contributed by atoms with van der Waals surface area (Å²) < 4.78 is 5.51. The summed E-state index contributed by atoms with van der Waals surface area (Å²) in [5, 5.41) is 0. The molecule has 1 aromatic carbocycles. The van der Waals surface area contributed by atoms with E-state index in [2.05, 4.69) is 29.2 Å². The molecule has 0 radical (unpaired) electrons. The summed E-state index contributed by atoms with van der Waals surface area (Å²) in [6.45, 7) is 7.50. The SMILES string of the molecule is CC(C)(C)OC(=O)[C@H]1CCCN1C/C=C/c1ccccc1. The highest BCUT2D eigenvalue weighted by atomic mass is 16.6. The zero-order valence-electron chi connectivity index (χ0n) is 13.2. The van der Waals surface area contributed by atoms with E-state index in [9.17, 15) is 4.79 Å². The number of ether oxygens (including phenoxy) is 1. The van der Waals surface area contributed by atoms with Crippen LogP contribution in [0.1, 0.15) is 39.2 Å². The highest BCUT2D eigenvalue weighted by Gasteiger charge is 2.33. The predicted molar refractivity (Wildman–Crippen MR) is 85.9 cm³/mol. The molecule has 0 spiro atoms. The number of carbonyl (C=O) groups excluding carboxylic acids is 1. The molecule has 0 amide bonds. The molecule has 1 atom stereocenters. The first-order valence-electron chi connectivity index (χ1n) is 7.64. The molecule has 1 aliphatic rings. The van der Waals surface area contributed by atoms with Crippen LogP contribution >= 0.6 is 0 Å². The lowest BCUT2D eigenvalue weighted by atomic mass is 10.1. The van der Waals surface area contributed by atoms with Gasteiger partial charge in [-0.25, -0.2) is 0 Å². The molecule has 3 heteroatoms. The lowest BCUT2D eigenvalue weighted by Crippen LogP contribution is -2.40. The van der Waals surface area contributed by atoms with Crippen molar-refractivity contribution in [2.24, 2.45) is 0 Å². The molecule has 1 saturated heterocycles. The molecule has 0 N–H and O–H groups in total. The first-order chi connectivity index (χ1) is 9.96. The second-order valence-electron chi connectivity index (χ2n) is 6.50. The zero-order chi connectivity index (χ0) is 15.3. The molecule has 1 fully saturated rings. The Bertz CT molecular complexity index is 488. The van der Waals surface area contributed by atoms with Crippen molar-refractivity contribution in [2.75, 3.05) is 13.1 Å². The Morgan fingerprint density at radius 2 is 2.05 bits per heavy atom. The third kappa shape index (κ3) is 5.01. The average Bonchev–Trinajstić information content (AvgIpc) is 2.86. The van der Waals surface area contributed by atoms with Gasteiger partial charge in [0.25, 0.3) is 0 Å². The van der Waals surface area contributed by atoms with Crippen molar-refractivity contribution in [1.29, 1.82) is 0 Å². The third-order valence-corrected chi connectivity index (χ3v) is 3.49. The van der Waals surface area contributed by atoms with Crippen LogP contribution in [-0.2, 0) is 9.53 Å². The van der Waals surface area contributed by atoms with Gasteiger partial charge in [0.15, 0.2) is 0 Å². The number of nitrogens with zero attached hydrogens (tertiary/aromatic N) is 1. The Labute approximate surface area is 127 Å². The Morgan fingerprint density at radius 1 is 1.33 bits per heavy atom. The summed E-state index contributed by atoms with van der Waals surface area (Å²) >= 11 is 0. The van der Waals surface area contributed by atoms with Gasteiger partial charge in [-0.2, -0.15) is 0 Å². The molecule has 2 rings (SSSR count). The van der Waals surface area contributed by atoms with E-state index in [0.29, 0.717) is 0 Å². The second kappa shape index (κ2) is 6.90. The maximum Gasteiger partial charge on any atom is 0.323 e. The number of benzene rings is 1. The molecule has 1 aliphatic heterocycles. The van der Waals surface area contributed by atoms with Gasteiger partial charge < -0.3 is 4.74 Å². The molecule has 1 heterocycles. The topological polar surface area (TPSA) is 29.5 Å². The van der Waals surface area contributed by atoms with Gasteiger partial charge in [0.05, 0.1) is 0 Å². The summed E-state index contributed by atoms with van der Waals surface area (Å²) in [7, 11) is 0. The van der Waals surface area contributed by atoms with Gasteiger partial charge in [0.2, 0.25) is 0 Å². The van der Waals surface area contributed by atoms with Gasteiger partial charge >= 0.3 is 5.97 Å². The van der Waals surface area contributed by atoms with Crippen LogP contribution in [-0.4, -0.2) is 35.6 Å². The Hall–Kier alpha value is -1.61. The minimum absolute atomic E-state index is 0.0897. The smallest absolute Gasteiger partial charge is 0.323 e. The first kappa shape index (κ1) is 15.8. The molecular weight excluding hydrogens is 262 g/mol. The van der Waals surface area contributed by atoms with E-state index in [1.165, 1.54) is 5.56 Å². The van der Waals surface area contributed by atoms with Crippen LogP contribution < -0.4 is 0 Å². The molecule has 1 aromatic rings. The molecular formula is C18H25NO2. The highest BCUT2D eigenvalue weighted by molar-refractivity contribution is 5.76. The molecule has 0 bridgehead atoms. The van der Waals surface area contributed by atoms with Gasteiger partial charge in [0.1, 0.15) is 11.6 Å². The first-order valence-corrected chi connectivity index (χ1v) is 7.64. The van der Waals surface area contributed by atoms with Crippen LogP contribution in [0.2, 0.25) is 0 Å². The molecule has 0 aliphatic carbocycles. The van der Waals surface area contributed by atoms with Crippen molar-refractivity contribution in [3.05, 3.63) is 42.0 Å². The summed E-state index contributed by atoms with van der Waals surface area (Å²) in [6, 6.07) is 10.1. The number of hydrogen-bond donors (Lipinski definition) is 0. The number of likely N-dealkylation sites (tertiary alicyclic amines) is 1. The predicted octanol–water partition coefficient (Wildman–Crippen LogP) is 3.51. The van der Waals surface area contributed by atoms with Crippen molar-refractivity contribution in [3.8, 4) is 0 Å². The van der Waals surface area contributed by atoms with Gasteiger partial charge in [-0.3, -0.25) is 9.69 Å². The second-order valence-corrected chi connectivity index (χ2v) is 6.50. The van der Waals surface area contributed by atoms with Crippen LogP contribution in [0.15, 0.2) is 36.4 Å². The Kier molecular flexibility index (Phi) is 5.18. The molecule has 114 valence electrons. The van der Waals surface area contributed by atoms with Crippen molar-refractivity contribution < 1.29 is 9.53 Å². The van der Waals surface area contributed by atoms with Crippen molar-refractivity contribution in [1.82, 2.24) is 4.90 Å². The maximum atomic E-state index is 12.2. The fraction of sp³-hybridized carbons (Fsp3) is 0.500. The third-order valence-electron chi connectivity index (χ3n) is 3.49. The number of rotatable bonds is 4. The lowest BCUT2D eigenvalue weighted by molar-refractivity contribution is -0.160. The minimum Gasteiger partial charge on any atom is -0.459 e. The van der Waals surface area contributed by atoms with Gasteiger partial charge in [-0.05, 0) is 45.7 Å².